The highest BCUT2D eigenvalue weighted by molar-refractivity contribution is 5.92. The van der Waals surface area contributed by atoms with Crippen LogP contribution in [0.4, 0.5) is 0 Å². The van der Waals surface area contributed by atoms with E-state index < -0.39 is 0 Å². The molecule has 1 saturated heterocycles. The average molecular weight is 209 g/mol. The first-order valence-electron chi connectivity index (χ1n) is 5.35. The molecule has 0 aromatic carbocycles. The zero-order valence-electron chi connectivity index (χ0n) is 8.61. The lowest BCUT2D eigenvalue weighted by molar-refractivity contribution is -0.126. The molecule has 15 heavy (non-hydrogen) atoms. The van der Waals surface area contributed by atoms with E-state index >= 15 is 0 Å². The van der Waals surface area contributed by atoms with Gasteiger partial charge >= 0.3 is 0 Å². The number of carbonyl (C=O) groups excluding carboxylic acids is 2. The number of aliphatic hydroxyl groups excluding tert-OH is 1. The molecular weight excluding hydrogens is 194 g/mol. The summed E-state index contributed by atoms with van der Waals surface area (Å²) < 4.78 is 0. The van der Waals surface area contributed by atoms with Gasteiger partial charge in [-0.05, 0) is 12.8 Å². The van der Waals surface area contributed by atoms with Crippen molar-refractivity contribution in [2.45, 2.75) is 25.7 Å². The van der Waals surface area contributed by atoms with Gasteiger partial charge in [-0.25, -0.2) is 0 Å². The van der Waals surface area contributed by atoms with Crippen molar-refractivity contribution in [2.24, 2.45) is 5.92 Å². The third kappa shape index (κ3) is 2.09. The van der Waals surface area contributed by atoms with Gasteiger partial charge in [-0.15, -0.1) is 0 Å². The van der Waals surface area contributed by atoms with Crippen molar-refractivity contribution in [3.63, 3.8) is 0 Å². The Labute approximate surface area is 88.6 Å². The Kier molecular flexibility index (Phi) is 2.86. The van der Waals surface area contributed by atoms with Crippen LogP contribution in [0.2, 0.25) is 0 Å². The van der Waals surface area contributed by atoms with Crippen molar-refractivity contribution in [1.29, 1.82) is 0 Å². The second-order valence-electron chi connectivity index (χ2n) is 4.21. The molecule has 1 N–H and O–H groups in total. The van der Waals surface area contributed by atoms with E-state index in [-0.39, 0.29) is 24.2 Å². The number of nitrogens with zero attached hydrogens (tertiary/aromatic N) is 1. The highest BCUT2D eigenvalue weighted by atomic mass is 16.3. The molecule has 1 unspecified atom stereocenters. The zero-order valence-corrected chi connectivity index (χ0v) is 8.61. The van der Waals surface area contributed by atoms with E-state index in [0.717, 1.165) is 18.5 Å². The van der Waals surface area contributed by atoms with Crippen molar-refractivity contribution in [1.82, 2.24) is 4.90 Å². The number of hydrogen-bond acceptors (Lipinski definition) is 3. The van der Waals surface area contributed by atoms with Crippen molar-refractivity contribution in [2.75, 3.05) is 13.2 Å². The number of rotatable bonds is 2. The van der Waals surface area contributed by atoms with Crippen LogP contribution in [-0.2, 0) is 9.59 Å². The fourth-order valence-corrected chi connectivity index (χ4v) is 2.17. The first-order valence-corrected chi connectivity index (χ1v) is 5.35. The molecule has 1 atom stereocenters. The molecule has 0 saturated carbocycles. The van der Waals surface area contributed by atoms with Gasteiger partial charge in [0.1, 0.15) is 0 Å². The molecule has 1 fully saturated rings. The minimum Gasteiger partial charge on any atom is -0.396 e. The summed E-state index contributed by atoms with van der Waals surface area (Å²) >= 11 is 0. The van der Waals surface area contributed by atoms with Crippen LogP contribution < -0.4 is 0 Å². The first-order chi connectivity index (χ1) is 7.20. The van der Waals surface area contributed by atoms with Crippen LogP contribution in [0, 0.1) is 5.92 Å². The maximum atomic E-state index is 11.6. The maximum absolute atomic E-state index is 11.6. The molecule has 0 aromatic heterocycles. The van der Waals surface area contributed by atoms with Crippen molar-refractivity contribution in [3.05, 3.63) is 11.8 Å². The molecule has 2 rings (SSSR count). The van der Waals surface area contributed by atoms with Gasteiger partial charge in [0.2, 0.25) is 5.91 Å². The highest BCUT2D eigenvalue weighted by Crippen LogP contribution is 2.26. The molecular formula is C11H15NO3. The summed E-state index contributed by atoms with van der Waals surface area (Å²) in [7, 11) is 0. The Hall–Kier alpha value is -1.16. The molecule has 0 aromatic rings. The monoisotopic (exact) mass is 209 g/mol. The van der Waals surface area contributed by atoms with E-state index in [9.17, 15) is 9.59 Å². The quantitative estimate of drug-likeness (QED) is 0.719. The topological polar surface area (TPSA) is 57.6 Å². The second kappa shape index (κ2) is 4.14. The van der Waals surface area contributed by atoms with Gasteiger partial charge in [-0.3, -0.25) is 9.59 Å². The van der Waals surface area contributed by atoms with Crippen LogP contribution in [0.3, 0.4) is 0 Å². The average Bonchev–Trinajstić information content (AvgIpc) is 2.60. The largest absolute Gasteiger partial charge is 0.396 e. The zero-order chi connectivity index (χ0) is 10.8. The number of allylic oxidation sites excluding steroid dienone is 2. The van der Waals surface area contributed by atoms with Crippen LogP contribution in [0.15, 0.2) is 11.8 Å². The Bertz CT molecular complexity index is 322. The normalized spacial score (nSPS) is 27.1. The summed E-state index contributed by atoms with van der Waals surface area (Å²) in [6.07, 6.45) is 4.21. The number of aliphatic hydroxyl groups is 1. The Morgan fingerprint density at radius 1 is 1.40 bits per heavy atom. The lowest BCUT2D eigenvalue weighted by Crippen LogP contribution is -2.27. The molecule has 1 heterocycles. The molecule has 0 radical (unpaired) electrons. The minimum atomic E-state index is 0.0370. The molecule has 4 nitrogen and oxygen atoms in total. The van der Waals surface area contributed by atoms with Crippen LogP contribution in [-0.4, -0.2) is 34.8 Å². The fourth-order valence-electron chi connectivity index (χ4n) is 2.17. The van der Waals surface area contributed by atoms with Crippen LogP contribution in [0.5, 0.6) is 0 Å². The molecule has 2 aliphatic rings. The molecule has 0 bridgehead atoms. The van der Waals surface area contributed by atoms with E-state index in [2.05, 4.69) is 0 Å². The third-order valence-corrected chi connectivity index (χ3v) is 2.99. The Morgan fingerprint density at radius 3 is 2.80 bits per heavy atom. The Balaban J connectivity index is 2.11. The molecule has 4 heteroatoms. The summed E-state index contributed by atoms with van der Waals surface area (Å²) in [5, 5.41) is 8.99. The van der Waals surface area contributed by atoms with Gasteiger partial charge in [-0.1, -0.05) is 0 Å². The molecule has 1 aliphatic heterocycles. The third-order valence-electron chi connectivity index (χ3n) is 2.99. The van der Waals surface area contributed by atoms with Crippen LogP contribution >= 0.6 is 0 Å². The van der Waals surface area contributed by atoms with Crippen LogP contribution in [0.1, 0.15) is 25.7 Å². The number of carbonyl (C=O) groups is 2. The van der Waals surface area contributed by atoms with E-state index in [1.165, 1.54) is 0 Å². The summed E-state index contributed by atoms with van der Waals surface area (Å²) in [6, 6.07) is 0. The summed E-state index contributed by atoms with van der Waals surface area (Å²) in [5.74, 6) is 0.182. The first kappa shape index (κ1) is 10.4. The van der Waals surface area contributed by atoms with E-state index in [4.69, 9.17) is 5.11 Å². The van der Waals surface area contributed by atoms with E-state index in [1.54, 1.807) is 11.0 Å². The number of amides is 1. The van der Waals surface area contributed by atoms with Crippen molar-refractivity contribution in [3.8, 4) is 0 Å². The summed E-state index contributed by atoms with van der Waals surface area (Å²) in [6.45, 7) is 0.609. The van der Waals surface area contributed by atoms with Gasteiger partial charge in [0, 0.05) is 43.7 Å². The van der Waals surface area contributed by atoms with Crippen molar-refractivity contribution >= 4 is 11.7 Å². The lowest BCUT2D eigenvalue weighted by atomic mass is 10.0. The maximum Gasteiger partial charge on any atom is 0.227 e. The highest BCUT2D eigenvalue weighted by Gasteiger charge is 2.32. The van der Waals surface area contributed by atoms with Gasteiger partial charge in [-0.2, -0.15) is 0 Å². The number of hydrogen-bond donors (Lipinski definition) is 1. The standard InChI is InChI=1S/C11H15NO3/c13-7-8-4-11(15)12(6-8)9-2-1-3-10(14)5-9/h5,8,13H,1-4,6-7H2. The molecule has 1 amide bonds. The second-order valence-corrected chi connectivity index (χ2v) is 4.21. The predicted molar refractivity (Wildman–Crippen MR) is 53.8 cm³/mol. The van der Waals surface area contributed by atoms with E-state index in [1.807, 2.05) is 0 Å². The van der Waals surface area contributed by atoms with Gasteiger partial charge in [0.05, 0.1) is 0 Å². The van der Waals surface area contributed by atoms with Crippen molar-refractivity contribution < 1.29 is 14.7 Å². The van der Waals surface area contributed by atoms with Gasteiger partial charge in [0.15, 0.2) is 5.78 Å². The SMILES string of the molecule is O=C1C=C(N2CC(CO)CC2=O)CCC1. The predicted octanol–water partition coefficient (Wildman–Crippen LogP) is 0.464. The fraction of sp³-hybridized carbons (Fsp3) is 0.636. The van der Waals surface area contributed by atoms with E-state index in [0.29, 0.717) is 19.4 Å². The van der Waals surface area contributed by atoms with Crippen LogP contribution in [0.25, 0.3) is 0 Å². The molecule has 1 aliphatic carbocycles. The number of ketones is 1. The Morgan fingerprint density at radius 2 is 2.20 bits per heavy atom. The minimum absolute atomic E-state index is 0.0370. The molecule has 0 spiro atoms. The smallest absolute Gasteiger partial charge is 0.227 e. The number of likely N-dealkylation sites (tertiary alicyclic amines) is 1. The summed E-state index contributed by atoms with van der Waals surface area (Å²) in [5.41, 5.74) is 0.840. The summed E-state index contributed by atoms with van der Waals surface area (Å²) in [4.78, 5) is 24.5. The molecule has 82 valence electrons. The van der Waals surface area contributed by atoms with Gasteiger partial charge < -0.3 is 10.0 Å². The lowest BCUT2D eigenvalue weighted by Gasteiger charge is -2.22. The van der Waals surface area contributed by atoms with Gasteiger partial charge in [0.25, 0.3) is 0 Å².